The number of rotatable bonds is 4. The van der Waals surface area contributed by atoms with E-state index in [1.807, 2.05) is 23.6 Å². The topological polar surface area (TPSA) is 59.3 Å². The van der Waals surface area contributed by atoms with Crippen LogP contribution in [0.4, 0.5) is 5.00 Å². The summed E-state index contributed by atoms with van der Waals surface area (Å²) < 4.78 is 5.39. The molecular formula is C20H12ClNO3S. The number of hydrogen-bond donors (Lipinski definition) is 1. The molecule has 128 valence electrons. The molecule has 0 fully saturated rings. The minimum absolute atomic E-state index is 0.160. The lowest BCUT2D eigenvalue weighted by Gasteiger charge is -2.00. The van der Waals surface area contributed by atoms with Crippen molar-refractivity contribution in [3.63, 3.8) is 0 Å². The molecule has 0 saturated carbocycles. The van der Waals surface area contributed by atoms with Gasteiger partial charge in [0.25, 0.3) is 0 Å². The van der Waals surface area contributed by atoms with E-state index in [9.17, 15) is 9.59 Å². The molecule has 4 aromatic rings. The highest BCUT2D eigenvalue weighted by molar-refractivity contribution is 7.16. The number of hydrogen-bond acceptors (Lipinski definition) is 5. The molecule has 1 N–H and O–H groups in total. The molecular weight excluding hydrogens is 370 g/mol. The van der Waals surface area contributed by atoms with Gasteiger partial charge in [0.05, 0.1) is 0 Å². The van der Waals surface area contributed by atoms with Crippen molar-refractivity contribution < 1.29 is 9.21 Å². The van der Waals surface area contributed by atoms with Gasteiger partial charge in [0.1, 0.15) is 16.0 Å². The number of anilines is 1. The van der Waals surface area contributed by atoms with Crippen LogP contribution >= 0.6 is 22.9 Å². The van der Waals surface area contributed by atoms with Gasteiger partial charge in [0.2, 0.25) is 0 Å². The molecule has 0 saturated heterocycles. The quantitative estimate of drug-likeness (QED) is 0.289. The molecule has 0 spiro atoms. The predicted molar refractivity (Wildman–Crippen MR) is 106 cm³/mol. The molecule has 4 rings (SSSR count). The lowest BCUT2D eigenvalue weighted by molar-refractivity contribution is 0.104. The van der Waals surface area contributed by atoms with Crippen molar-refractivity contribution in [2.24, 2.45) is 0 Å². The first-order chi connectivity index (χ1) is 12.6. The molecule has 2 heterocycles. The number of carbonyl (C=O) groups excluding carboxylic acids is 1. The van der Waals surface area contributed by atoms with Gasteiger partial charge in [0, 0.05) is 39.0 Å². The van der Waals surface area contributed by atoms with Crippen LogP contribution in [-0.2, 0) is 0 Å². The maximum Gasteiger partial charge on any atom is 0.347 e. The Balaban J connectivity index is 1.63. The Morgan fingerprint density at radius 2 is 1.85 bits per heavy atom. The fraction of sp³-hybridized carbons (Fsp3) is 0. The van der Waals surface area contributed by atoms with Crippen LogP contribution in [0.2, 0.25) is 5.02 Å². The molecule has 6 heteroatoms. The molecule has 26 heavy (non-hydrogen) atoms. The van der Waals surface area contributed by atoms with Crippen molar-refractivity contribution in [1.29, 1.82) is 0 Å². The third kappa shape index (κ3) is 3.03. The molecule has 0 atom stereocenters. The number of para-hydroxylation sites is 1. The van der Waals surface area contributed by atoms with Crippen LogP contribution in [0.1, 0.15) is 10.4 Å². The van der Waals surface area contributed by atoms with Gasteiger partial charge in [-0.2, -0.15) is 0 Å². The molecule has 2 aromatic carbocycles. The summed E-state index contributed by atoms with van der Waals surface area (Å²) in [6.45, 7) is 0. The minimum Gasteiger partial charge on any atom is -0.422 e. The van der Waals surface area contributed by atoms with E-state index < -0.39 is 5.63 Å². The van der Waals surface area contributed by atoms with E-state index in [0.717, 1.165) is 10.8 Å². The lowest BCUT2D eigenvalue weighted by atomic mass is 10.1. The van der Waals surface area contributed by atoms with Gasteiger partial charge in [-0.3, -0.25) is 4.79 Å². The molecule has 0 aliphatic heterocycles. The third-order valence-electron chi connectivity index (χ3n) is 3.95. The second kappa shape index (κ2) is 6.78. The second-order valence-electron chi connectivity index (χ2n) is 5.59. The summed E-state index contributed by atoms with van der Waals surface area (Å²) in [6.07, 6.45) is 2.94. The van der Waals surface area contributed by atoms with E-state index in [1.165, 1.54) is 23.6 Å². The number of nitrogens with one attached hydrogen (secondary N) is 1. The molecule has 4 nitrogen and oxygen atoms in total. The van der Waals surface area contributed by atoms with E-state index in [1.54, 1.807) is 30.3 Å². The number of ketones is 1. The maximum absolute atomic E-state index is 12.3. The molecule has 0 unspecified atom stereocenters. The van der Waals surface area contributed by atoms with Gasteiger partial charge in [-0.15, -0.1) is 11.3 Å². The highest BCUT2D eigenvalue weighted by atomic mass is 35.5. The Kier molecular flexibility index (Phi) is 4.32. The first kappa shape index (κ1) is 16.6. The summed E-state index contributed by atoms with van der Waals surface area (Å²) >= 11 is 7.21. The molecule has 0 aliphatic carbocycles. The first-order valence-corrected chi connectivity index (χ1v) is 9.05. The van der Waals surface area contributed by atoms with Gasteiger partial charge in [-0.1, -0.05) is 29.8 Å². The van der Waals surface area contributed by atoms with Crippen LogP contribution in [0.25, 0.3) is 21.7 Å². The van der Waals surface area contributed by atoms with Crippen LogP contribution < -0.4 is 10.9 Å². The van der Waals surface area contributed by atoms with E-state index in [0.29, 0.717) is 26.6 Å². The zero-order valence-corrected chi connectivity index (χ0v) is 14.9. The number of carbonyl (C=O) groups is 1. The summed E-state index contributed by atoms with van der Waals surface area (Å²) in [5, 5.41) is 8.34. The SMILES string of the molecule is O=C(/C=C/Nc1scc2c1c(=O)oc1ccccc12)c1ccc(Cl)cc1. The second-order valence-corrected chi connectivity index (χ2v) is 6.90. The van der Waals surface area contributed by atoms with Gasteiger partial charge < -0.3 is 9.73 Å². The fourth-order valence-corrected chi connectivity index (χ4v) is 3.75. The van der Waals surface area contributed by atoms with Crippen LogP contribution in [0, 0.1) is 0 Å². The van der Waals surface area contributed by atoms with E-state index in [2.05, 4.69) is 5.32 Å². The van der Waals surface area contributed by atoms with Crippen LogP contribution in [0.15, 0.2) is 75.4 Å². The summed E-state index contributed by atoms with van der Waals surface area (Å²) in [5.74, 6) is -0.160. The lowest BCUT2D eigenvalue weighted by Crippen LogP contribution is -2.01. The number of thiophene rings is 1. The molecule has 0 radical (unpaired) electrons. The fourth-order valence-electron chi connectivity index (χ4n) is 2.70. The normalized spacial score (nSPS) is 11.4. The number of benzene rings is 2. The largest absolute Gasteiger partial charge is 0.422 e. The highest BCUT2D eigenvalue weighted by Crippen LogP contribution is 2.33. The zero-order chi connectivity index (χ0) is 18.1. The van der Waals surface area contributed by atoms with Gasteiger partial charge in [-0.05, 0) is 30.3 Å². The molecule has 2 aromatic heterocycles. The van der Waals surface area contributed by atoms with Crippen molar-refractivity contribution >= 4 is 55.5 Å². The highest BCUT2D eigenvalue weighted by Gasteiger charge is 2.13. The Bertz CT molecular complexity index is 1210. The van der Waals surface area contributed by atoms with Crippen molar-refractivity contribution in [3.05, 3.63) is 87.2 Å². The van der Waals surface area contributed by atoms with Crippen LogP contribution in [0.5, 0.6) is 0 Å². The van der Waals surface area contributed by atoms with Gasteiger partial charge in [0.15, 0.2) is 5.78 Å². The summed E-state index contributed by atoms with van der Waals surface area (Å²) in [7, 11) is 0. The van der Waals surface area contributed by atoms with E-state index in [-0.39, 0.29) is 5.78 Å². The van der Waals surface area contributed by atoms with Gasteiger partial charge in [-0.25, -0.2) is 4.79 Å². The predicted octanol–water partition coefficient (Wildman–Crippen LogP) is 5.47. The van der Waals surface area contributed by atoms with E-state index in [4.69, 9.17) is 16.0 Å². The van der Waals surface area contributed by atoms with Crippen LogP contribution in [-0.4, -0.2) is 5.78 Å². The number of allylic oxidation sites excluding steroid dienone is 1. The average Bonchev–Trinajstić information content (AvgIpc) is 3.07. The van der Waals surface area contributed by atoms with Crippen molar-refractivity contribution in [3.8, 4) is 0 Å². The Labute approximate surface area is 157 Å². The zero-order valence-electron chi connectivity index (χ0n) is 13.4. The average molecular weight is 382 g/mol. The first-order valence-electron chi connectivity index (χ1n) is 7.79. The Morgan fingerprint density at radius 1 is 1.08 bits per heavy atom. The molecule has 0 bridgehead atoms. The van der Waals surface area contributed by atoms with Crippen molar-refractivity contribution in [2.45, 2.75) is 0 Å². The summed E-state index contributed by atoms with van der Waals surface area (Å²) in [4.78, 5) is 24.5. The smallest absolute Gasteiger partial charge is 0.347 e. The third-order valence-corrected chi connectivity index (χ3v) is 5.12. The Morgan fingerprint density at radius 3 is 2.65 bits per heavy atom. The number of fused-ring (bicyclic) bond motifs is 3. The maximum atomic E-state index is 12.3. The van der Waals surface area contributed by atoms with Crippen LogP contribution in [0.3, 0.4) is 0 Å². The van der Waals surface area contributed by atoms with Crippen molar-refractivity contribution in [1.82, 2.24) is 0 Å². The summed E-state index contributed by atoms with van der Waals surface area (Å²) in [5.41, 5.74) is 0.691. The van der Waals surface area contributed by atoms with E-state index >= 15 is 0 Å². The van der Waals surface area contributed by atoms with Crippen molar-refractivity contribution in [2.75, 3.05) is 5.32 Å². The standard InChI is InChI=1S/C20H12ClNO3S/c21-13-7-5-12(6-8-13)16(23)9-10-22-19-18-15(11-26-19)14-3-1-2-4-17(14)25-20(18)24/h1-11,22H/b10-9+. The molecule has 0 amide bonds. The van der Waals surface area contributed by atoms with Gasteiger partial charge >= 0.3 is 5.63 Å². The number of halogens is 1. The monoisotopic (exact) mass is 381 g/mol. The molecule has 0 aliphatic rings. The minimum atomic E-state index is -0.403. The Hall–Kier alpha value is -2.89. The summed E-state index contributed by atoms with van der Waals surface area (Å²) in [6, 6.07) is 14.1.